The van der Waals surface area contributed by atoms with E-state index in [9.17, 15) is 9.59 Å². The minimum atomic E-state index is -0.222. The standard InChI is InChI=1S/C19H19ClN2O2/c1-13-4-9-16(20)12-17(13)21-18(23)14-5-7-15(8-6-14)19(24)22-10-2-3-11-22/h4-9,12H,2-3,10-11H2,1H3,(H,21,23). The number of carbonyl (C=O) groups is 2. The molecular formula is C19H19ClN2O2. The van der Waals surface area contributed by atoms with Crippen molar-refractivity contribution in [3.63, 3.8) is 0 Å². The van der Waals surface area contributed by atoms with Gasteiger partial charge in [-0.2, -0.15) is 0 Å². The largest absolute Gasteiger partial charge is 0.339 e. The van der Waals surface area contributed by atoms with Crippen LogP contribution in [0.5, 0.6) is 0 Å². The number of halogens is 1. The van der Waals surface area contributed by atoms with E-state index in [1.54, 1.807) is 36.4 Å². The highest BCUT2D eigenvalue weighted by molar-refractivity contribution is 6.31. The summed E-state index contributed by atoms with van der Waals surface area (Å²) < 4.78 is 0. The molecular weight excluding hydrogens is 324 g/mol. The van der Waals surface area contributed by atoms with Gasteiger partial charge >= 0.3 is 0 Å². The lowest BCUT2D eigenvalue weighted by Gasteiger charge is -2.15. The monoisotopic (exact) mass is 342 g/mol. The number of benzene rings is 2. The van der Waals surface area contributed by atoms with Crippen molar-refractivity contribution in [2.45, 2.75) is 19.8 Å². The molecule has 2 aromatic carbocycles. The van der Waals surface area contributed by atoms with E-state index in [-0.39, 0.29) is 11.8 Å². The fourth-order valence-electron chi connectivity index (χ4n) is 2.79. The first kappa shape index (κ1) is 16.5. The van der Waals surface area contributed by atoms with Crippen molar-refractivity contribution >= 4 is 29.1 Å². The van der Waals surface area contributed by atoms with Crippen LogP contribution in [0.2, 0.25) is 5.02 Å². The molecule has 0 radical (unpaired) electrons. The number of rotatable bonds is 3. The van der Waals surface area contributed by atoms with E-state index in [1.807, 2.05) is 17.9 Å². The quantitative estimate of drug-likeness (QED) is 0.911. The predicted octanol–water partition coefficient (Wildman–Crippen LogP) is 4.14. The summed E-state index contributed by atoms with van der Waals surface area (Å²) in [4.78, 5) is 26.5. The van der Waals surface area contributed by atoms with E-state index in [2.05, 4.69) is 5.32 Å². The van der Waals surface area contributed by atoms with Gasteiger partial charge in [-0.1, -0.05) is 17.7 Å². The van der Waals surface area contributed by atoms with Crippen molar-refractivity contribution in [3.8, 4) is 0 Å². The Bertz CT molecular complexity index is 765. The second kappa shape index (κ2) is 7.05. The van der Waals surface area contributed by atoms with Gasteiger partial charge in [-0.15, -0.1) is 0 Å². The zero-order chi connectivity index (χ0) is 17.1. The molecule has 1 fully saturated rings. The number of nitrogens with zero attached hydrogens (tertiary/aromatic N) is 1. The van der Waals surface area contributed by atoms with Gasteiger partial charge in [0.15, 0.2) is 0 Å². The lowest BCUT2D eigenvalue weighted by molar-refractivity contribution is 0.0792. The number of aryl methyl sites for hydroxylation is 1. The third-order valence-electron chi connectivity index (χ3n) is 4.24. The van der Waals surface area contributed by atoms with Gasteiger partial charge in [0.1, 0.15) is 0 Å². The van der Waals surface area contributed by atoms with E-state index in [4.69, 9.17) is 11.6 Å². The first-order valence-electron chi connectivity index (χ1n) is 8.01. The SMILES string of the molecule is Cc1ccc(Cl)cc1NC(=O)c1ccc(C(=O)N2CCCC2)cc1. The highest BCUT2D eigenvalue weighted by Gasteiger charge is 2.19. The van der Waals surface area contributed by atoms with Crippen LogP contribution in [0.25, 0.3) is 0 Å². The van der Waals surface area contributed by atoms with Gasteiger partial charge in [-0.25, -0.2) is 0 Å². The Morgan fingerprint density at radius 2 is 1.62 bits per heavy atom. The normalized spacial score (nSPS) is 13.8. The molecule has 0 aromatic heterocycles. The molecule has 0 saturated carbocycles. The summed E-state index contributed by atoms with van der Waals surface area (Å²) in [5, 5.41) is 3.42. The number of hydrogen-bond donors (Lipinski definition) is 1. The van der Waals surface area contributed by atoms with Gasteiger partial charge in [0.2, 0.25) is 0 Å². The molecule has 0 unspecified atom stereocenters. The molecule has 1 saturated heterocycles. The molecule has 1 heterocycles. The summed E-state index contributed by atoms with van der Waals surface area (Å²) in [6, 6.07) is 12.1. The van der Waals surface area contributed by atoms with Crippen LogP contribution in [0, 0.1) is 6.92 Å². The number of carbonyl (C=O) groups excluding carboxylic acids is 2. The Hall–Kier alpha value is -2.33. The Labute approximate surface area is 146 Å². The summed E-state index contributed by atoms with van der Waals surface area (Å²) in [6.45, 7) is 3.54. The summed E-state index contributed by atoms with van der Waals surface area (Å²) in [5.74, 6) is -0.189. The van der Waals surface area contributed by atoms with Crippen molar-refractivity contribution in [1.29, 1.82) is 0 Å². The van der Waals surface area contributed by atoms with Gasteiger partial charge < -0.3 is 10.2 Å². The van der Waals surface area contributed by atoms with Gasteiger partial charge in [0.25, 0.3) is 11.8 Å². The molecule has 2 aromatic rings. The van der Waals surface area contributed by atoms with Gasteiger partial charge in [-0.3, -0.25) is 9.59 Å². The predicted molar refractivity (Wildman–Crippen MR) is 95.7 cm³/mol. The summed E-state index contributed by atoms with van der Waals surface area (Å²) in [7, 11) is 0. The highest BCUT2D eigenvalue weighted by Crippen LogP contribution is 2.21. The molecule has 24 heavy (non-hydrogen) atoms. The highest BCUT2D eigenvalue weighted by atomic mass is 35.5. The van der Waals surface area contributed by atoms with E-state index in [1.165, 1.54) is 0 Å². The van der Waals surface area contributed by atoms with Gasteiger partial charge in [0, 0.05) is 34.9 Å². The zero-order valence-electron chi connectivity index (χ0n) is 13.5. The average molecular weight is 343 g/mol. The first-order chi connectivity index (χ1) is 11.5. The third-order valence-corrected chi connectivity index (χ3v) is 4.47. The second-order valence-electron chi connectivity index (χ2n) is 5.99. The Morgan fingerprint density at radius 3 is 2.29 bits per heavy atom. The lowest BCUT2D eigenvalue weighted by atomic mass is 10.1. The summed E-state index contributed by atoms with van der Waals surface area (Å²) in [6.07, 6.45) is 2.12. The number of amides is 2. The van der Waals surface area contributed by atoms with Crippen molar-refractivity contribution in [2.75, 3.05) is 18.4 Å². The van der Waals surface area contributed by atoms with Crippen LogP contribution in [-0.2, 0) is 0 Å². The molecule has 0 spiro atoms. The summed E-state index contributed by atoms with van der Waals surface area (Å²) in [5.41, 5.74) is 2.75. The molecule has 1 N–H and O–H groups in total. The number of likely N-dealkylation sites (tertiary alicyclic amines) is 1. The zero-order valence-corrected chi connectivity index (χ0v) is 14.3. The number of anilines is 1. The minimum absolute atomic E-state index is 0.0325. The minimum Gasteiger partial charge on any atom is -0.339 e. The molecule has 1 aliphatic heterocycles. The second-order valence-corrected chi connectivity index (χ2v) is 6.43. The topological polar surface area (TPSA) is 49.4 Å². The van der Waals surface area contributed by atoms with Gasteiger partial charge in [-0.05, 0) is 61.7 Å². The van der Waals surface area contributed by atoms with Crippen molar-refractivity contribution in [1.82, 2.24) is 4.90 Å². The molecule has 1 aliphatic rings. The van der Waals surface area contributed by atoms with Crippen molar-refractivity contribution < 1.29 is 9.59 Å². The number of hydrogen-bond acceptors (Lipinski definition) is 2. The maximum atomic E-state index is 12.4. The Kier molecular flexibility index (Phi) is 4.86. The summed E-state index contributed by atoms with van der Waals surface area (Å²) >= 11 is 5.97. The third kappa shape index (κ3) is 3.60. The van der Waals surface area contributed by atoms with E-state index in [0.29, 0.717) is 21.8 Å². The molecule has 124 valence electrons. The van der Waals surface area contributed by atoms with Crippen LogP contribution < -0.4 is 5.32 Å². The fourth-order valence-corrected chi connectivity index (χ4v) is 2.96. The van der Waals surface area contributed by atoms with Crippen LogP contribution in [0.1, 0.15) is 39.1 Å². The average Bonchev–Trinajstić information content (AvgIpc) is 3.12. The van der Waals surface area contributed by atoms with Crippen LogP contribution in [0.15, 0.2) is 42.5 Å². The molecule has 5 heteroatoms. The molecule has 0 atom stereocenters. The van der Waals surface area contributed by atoms with Crippen molar-refractivity contribution in [3.05, 3.63) is 64.2 Å². The molecule has 0 aliphatic carbocycles. The maximum Gasteiger partial charge on any atom is 0.255 e. The molecule has 4 nitrogen and oxygen atoms in total. The first-order valence-corrected chi connectivity index (χ1v) is 8.39. The van der Waals surface area contributed by atoms with Crippen LogP contribution >= 0.6 is 11.6 Å². The Morgan fingerprint density at radius 1 is 1.00 bits per heavy atom. The smallest absolute Gasteiger partial charge is 0.255 e. The van der Waals surface area contributed by atoms with Gasteiger partial charge in [0.05, 0.1) is 0 Å². The molecule has 2 amide bonds. The molecule has 0 bridgehead atoms. The van der Waals surface area contributed by atoms with Crippen LogP contribution in [0.4, 0.5) is 5.69 Å². The fraction of sp³-hybridized carbons (Fsp3) is 0.263. The van der Waals surface area contributed by atoms with E-state index < -0.39 is 0 Å². The van der Waals surface area contributed by atoms with E-state index >= 15 is 0 Å². The molecule has 3 rings (SSSR count). The maximum absolute atomic E-state index is 12.4. The van der Waals surface area contributed by atoms with Crippen LogP contribution in [0.3, 0.4) is 0 Å². The number of nitrogens with one attached hydrogen (secondary N) is 1. The van der Waals surface area contributed by atoms with Crippen molar-refractivity contribution in [2.24, 2.45) is 0 Å². The Balaban J connectivity index is 1.71. The lowest BCUT2D eigenvalue weighted by Crippen LogP contribution is -2.27. The van der Waals surface area contributed by atoms with Crippen LogP contribution in [-0.4, -0.2) is 29.8 Å². The van der Waals surface area contributed by atoms with E-state index in [0.717, 1.165) is 31.5 Å².